The summed E-state index contributed by atoms with van der Waals surface area (Å²) in [7, 11) is 1.76. The van der Waals surface area contributed by atoms with Crippen molar-refractivity contribution in [3.8, 4) is 11.4 Å². The SMILES string of the molecule is Cc1cnn(C)c1-c1[nH]ncc1C(=O)O. The van der Waals surface area contributed by atoms with Gasteiger partial charge in [0.05, 0.1) is 23.8 Å². The van der Waals surface area contributed by atoms with E-state index in [2.05, 4.69) is 15.3 Å². The summed E-state index contributed by atoms with van der Waals surface area (Å²) in [4.78, 5) is 10.9. The van der Waals surface area contributed by atoms with Gasteiger partial charge in [0.2, 0.25) is 0 Å². The number of hydrogen-bond acceptors (Lipinski definition) is 3. The molecule has 6 nitrogen and oxygen atoms in total. The highest BCUT2D eigenvalue weighted by Crippen LogP contribution is 2.23. The Bertz CT molecular complexity index is 492. The number of carboxylic acids is 1. The van der Waals surface area contributed by atoms with E-state index < -0.39 is 5.97 Å². The molecule has 2 heterocycles. The summed E-state index contributed by atoms with van der Waals surface area (Å²) in [6, 6.07) is 0. The minimum Gasteiger partial charge on any atom is -0.478 e. The van der Waals surface area contributed by atoms with Crippen molar-refractivity contribution in [1.29, 1.82) is 0 Å². The van der Waals surface area contributed by atoms with Crippen molar-refractivity contribution in [2.24, 2.45) is 7.05 Å². The van der Waals surface area contributed by atoms with Crippen LogP contribution < -0.4 is 0 Å². The number of aromatic nitrogens is 4. The van der Waals surface area contributed by atoms with Crippen LogP contribution in [0, 0.1) is 6.92 Å². The van der Waals surface area contributed by atoms with Crippen LogP contribution in [0.1, 0.15) is 15.9 Å². The van der Waals surface area contributed by atoms with Crippen LogP contribution >= 0.6 is 0 Å². The van der Waals surface area contributed by atoms with Crippen molar-refractivity contribution in [1.82, 2.24) is 20.0 Å². The third-order valence-corrected chi connectivity index (χ3v) is 2.23. The van der Waals surface area contributed by atoms with Gasteiger partial charge in [-0.2, -0.15) is 10.2 Å². The lowest BCUT2D eigenvalue weighted by Gasteiger charge is -2.01. The van der Waals surface area contributed by atoms with Gasteiger partial charge in [0, 0.05) is 7.05 Å². The Morgan fingerprint density at radius 2 is 2.27 bits per heavy atom. The molecule has 0 radical (unpaired) electrons. The summed E-state index contributed by atoms with van der Waals surface area (Å²) in [6.45, 7) is 1.87. The van der Waals surface area contributed by atoms with Crippen molar-refractivity contribution in [3.63, 3.8) is 0 Å². The molecule has 0 amide bonds. The van der Waals surface area contributed by atoms with Gasteiger partial charge in [0.25, 0.3) is 0 Å². The van der Waals surface area contributed by atoms with E-state index in [9.17, 15) is 4.79 Å². The molecule has 0 saturated heterocycles. The maximum absolute atomic E-state index is 10.9. The maximum atomic E-state index is 10.9. The van der Waals surface area contributed by atoms with E-state index in [1.54, 1.807) is 17.9 Å². The predicted octanol–water partition coefficient (Wildman–Crippen LogP) is 0.817. The molecule has 0 aliphatic rings. The number of carboxylic acid groups (broad SMARTS) is 1. The lowest BCUT2D eigenvalue weighted by Crippen LogP contribution is -2.01. The van der Waals surface area contributed by atoms with Crippen molar-refractivity contribution in [3.05, 3.63) is 23.5 Å². The standard InChI is InChI=1S/C9H10N4O2/c1-5-3-11-13(2)8(5)7-6(9(14)15)4-10-12-7/h3-4H,1-2H3,(H,10,12)(H,14,15). The van der Waals surface area contributed by atoms with Gasteiger partial charge in [-0.15, -0.1) is 0 Å². The second-order valence-electron chi connectivity index (χ2n) is 3.26. The number of nitrogens with zero attached hydrogens (tertiary/aromatic N) is 3. The number of aryl methyl sites for hydroxylation is 2. The third kappa shape index (κ3) is 1.39. The fourth-order valence-corrected chi connectivity index (χ4v) is 1.54. The van der Waals surface area contributed by atoms with Crippen molar-refractivity contribution in [2.75, 3.05) is 0 Å². The monoisotopic (exact) mass is 206 g/mol. The molecule has 2 rings (SSSR count). The van der Waals surface area contributed by atoms with Crippen LogP contribution in [0.3, 0.4) is 0 Å². The Morgan fingerprint density at radius 1 is 1.53 bits per heavy atom. The van der Waals surface area contributed by atoms with Gasteiger partial charge in [-0.05, 0) is 12.5 Å². The molecule has 2 N–H and O–H groups in total. The lowest BCUT2D eigenvalue weighted by molar-refractivity contribution is 0.0698. The largest absolute Gasteiger partial charge is 0.478 e. The number of H-pyrrole nitrogens is 1. The average Bonchev–Trinajstić information content (AvgIpc) is 2.73. The highest BCUT2D eigenvalue weighted by Gasteiger charge is 2.18. The molecule has 0 spiro atoms. The lowest BCUT2D eigenvalue weighted by atomic mass is 10.1. The van der Waals surface area contributed by atoms with E-state index >= 15 is 0 Å². The third-order valence-electron chi connectivity index (χ3n) is 2.23. The van der Waals surface area contributed by atoms with E-state index in [0.717, 1.165) is 11.3 Å². The normalized spacial score (nSPS) is 10.5. The molecular formula is C9H10N4O2. The van der Waals surface area contributed by atoms with Gasteiger partial charge in [-0.3, -0.25) is 9.78 Å². The predicted molar refractivity (Wildman–Crippen MR) is 52.5 cm³/mol. The molecule has 2 aromatic heterocycles. The number of aromatic amines is 1. The van der Waals surface area contributed by atoms with Crippen molar-refractivity contribution in [2.45, 2.75) is 6.92 Å². The number of rotatable bonds is 2. The quantitative estimate of drug-likeness (QED) is 0.761. The van der Waals surface area contributed by atoms with E-state index in [4.69, 9.17) is 5.11 Å². The molecule has 0 saturated carbocycles. The fourth-order valence-electron chi connectivity index (χ4n) is 1.54. The Labute approximate surface area is 85.5 Å². The van der Waals surface area contributed by atoms with Crippen LogP contribution in [0.15, 0.2) is 12.4 Å². The fraction of sp³-hybridized carbons (Fsp3) is 0.222. The van der Waals surface area contributed by atoms with Crippen LogP contribution in [-0.4, -0.2) is 31.1 Å². The molecule has 2 aromatic rings. The van der Waals surface area contributed by atoms with Crippen molar-refractivity contribution < 1.29 is 9.90 Å². The molecule has 6 heteroatoms. The summed E-state index contributed by atoms with van der Waals surface area (Å²) in [5.74, 6) is -1.00. The second kappa shape index (κ2) is 3.23. The van der Waals surface area contributed by atoms with E-state index in [-0.39, 0.29) is 5.56 Å². The minimum atomic E-state index is -1.00. The first kappa shape index (κ1) is 9.45. The number of hydrogen-bond donors (Lipinski definition) is 2. The number of nitrogens with one attached hydrogen (secondary N) is 1. The first-order chi connectivity index (χ1) is 7.11. The zero-order valence-electron chi connectivity index (χ0n) is 8.35. The summed E-state index contributed by atoms with van der Waals surface area (Å²) >= 11 is 0. The zero-order valence-corrected chi connectivity index (χ0v) is 8.35. The minimum absolute atomic E-state index is 0.154. The summed E-state index contributed by atoms with van der Waals surface area (Å²) in [5, 5.41) is 19.4. The Hall–Kier alpha value is -2.11. The number of carbonyl (C=O) groups is 1. The molecule has 0 fully saturated rings. The van der Waals surface area contributed by atoms with Gasteiger partial charge in [-0.25, -0.2) is 4.79 Å². The van der Waals surface area contributed by atoms with Gasteiger partial charge in [-0.1, -0.05) is 0 Å². The smallest absolute Gasteiger partial charge is 0.339 e. The Kier molecular flexibility index (Phi) is 2.03. The molecule has 0 aliphatic carbocycles. The molecule has 0 aromatic carbocycles. The van der Waals surface area contributed by atoms with Crippen LogP contribution in [-0.2, 0) is 7.05 Å². The summed E-state index contributed by atoms with van der Waals surface area (Å²) in [5.41, 5.74) is 2.29. The summed E-state index contributed by atoms with van der Waals surface area (Å²) in [6.07, 6.45) is 2.98. The first-order valence-corrected chi connectivity index (χ1v) is 4.37. The topological polar surface area (TPSA) is 83.8 Å². The highest BCUT2D eigenvalue weighted by atomic mass is 16.4. The zero-order chi connectivity index (χ0) is 11.0. The van der Waals surface area contributed by atoms with E-state index in [0.29, 0.717) is 5.69 Å². The molecule has 0 atom stereocenters. The van der Waals surface area contributed by atoms with E-state index in [1.165, 1.54) is 6.20 Å². The molecule has 0 unspecified atom stereocenters. The Balaban J connectivity index is 2.64. The van der Waals surface area contributed by atoms with Gasteiger partial charge in [0.15, 0.2) is 0 Å². The van der Waals surface area contributed by atoms with Gasteiger partial charge in [0.1, 0.15) is 5.56 Å². The van der Waals surface area contributed by atoms with Crippen LogP contribution in [0.5, 0.6) is 0 Å². The molecule has 15 heavy (non-hydrogen) atoms. The van der Waals surface area contributed by atoms with E-state index in [1.807, 2.05) is 6.92 Å². The Morgan fingerprint density at radius 3 is 2.80 bits per heavy atom. The molecular weight excluding hydrogens is 196 g/mol. The maximum Gasteiger partial charge on any atom is 0.339 e. The molecule has 0 bridgehead atoms. The van der Waals surface area contributed by atoms with Gasteiger partial charge >= 0.3 is 5.97 Å². The average molecular weight is 206 g/mol. The summed E-state index contributed by atoms with van der Waals surface area (Å²) < 4.78 is 1.62. The number of aromatic carboxylic acids is 1. The molecule has 0 aliphatic heterocycles. The van der Waals surface area contributed by atoms with Crippen LogP contribution in [0.4, 0.5) is 0 Å². The first-order valence-electron chi connectivity index (χ1n) is 4.37. The van der Waals surface area contributed by atoms with Crippen LogP contribution in [0.2, 0.25) is 0 Å². The molecule has 78 valence electrons. The highest BCUT2D eigenvalue weighted by molar-refractivity contribution is 5.94. The van der Waals surface area contributed by atoms with Crippen molar-refractivity contribution >= 4 is 5.97 Å². The van der Waals surface area contributed by atoms with Crippen LogP contribution in [0.25, 0.3) is 11.4 Å². The second-order valence-corrected chi connectivity index (χ2v) is 3.26. The van der Waals surface area contributed by atoms with Gasteiger partial charge < -0.3 is 5.11 Å².